The summed E-state index contributed by atoms with van der Waals surface area (Å²) in [6, 6.07) is 3.22. The van der Waals surface area contributed by atoms with Crippen LogP contribution in [0.1, 0.15) is 25.7 Å². The van der Waals surface area contributed by atoms with E-state index in [4.69, 9.17) is 5.73 Å². The minimum atomic E-state index is -3.31. The van der Waals surface area contributed by atoms with Gasteiger partial charge in [0.15, 0.2) is 14.9 Å². The van der Waals surface area contributed by atoms with E-state index in [-0.39, 0.29) is 22.4 Å². The third kappa shape index (κ3) is 2.35. The number of hydrogen-bond donors (Lipinski definition) is 1. The maximum absolute atomic E-state index is 12.1. The lowest BCUT2D eigenvalue weighted by Gasteiger charge is -2.10. The van der Waals surface area contributed by atoms with Crippen molar-refractivity contribution in [1.29, 1.82) is 0 Å². The number of nitrogens with two attached hydrogens (primary N) is 1. The van der Waals surface area contributed by atoms with E-state index in [1.165, 1.54) is 6.20 Å². The molecule has 0 atom stereocenters. The van der Waals surface area contributed by atoms with E-state index in [0.29, 0.717) is 0 Å². The highest BCUT2D eigenvalue weighted by atomic mass is 32.2. The largest absolute Gasteiger partial charge is 0.396 e. The predicted octanol–water partition coefficient (Wildman–Crippen LogP) is 1.63. The van der Waals surface area contributed by atoms with E-state index < -0.39 is 9.84 Å². The number of aromatic nitrogens is 1. The van der Waals surface area contributed by atoms with Crippen LogP contribution in [0.2, 0.25) is 0 Å². The van der Waals surface area contributed by atoms with Gasteiger partial charge in [0.2, 0.25) is 0 Å². The van der Waals surface area contributed by atoms with Crippen molar-refractivity contribution in [3.63, 3.8) is 0 Å². The van der Waals surface area contributed by atoms with Crippen LogP contribution in [-0.4, -0.2) is 19.2 Å². The number of sulfone groups is 1. The van der Waals surface area contributed by atoms with Crippen molar-refractivity contribution in [2.24, 2.45) is 5.92 Å². The lowest BCUT2D eigenvalue weighted by Crippen LogP contribution is -2.16. The molecule has 1 aliphatic carbocycles. The average molecular weight is 240 g/mol. The van der Waals surface area contributed by atoms with Crippen molar-refractivity contribution in [3.8, 4) is 0 Å². The van der Waals surface area contributed by atoms with Gasteiger partial charge >= 0.3 is 0 Å². The van der Waals surface area contributed by atoms with Gasteiger partial charge in [-0.3, -0.25) is 0 Å². The van der Waals surface area contributed by atoms with E-state index in [2.05, 4.69) is 4.98 Å². The Labute approximate surface area is 95.8 Å². The second-order valence-corrected chi connectivity index (χ2v) is 6.28. The minimum Gasteiger partial charge on any atom is -0.396 e. The molecule has 0 amide bonds. The Balaban J connectivity index is 2.21. The lowest BCUT2D eigenvalue weighted by atomic mass is 10.1. The van der Waals surface area contributed by atoms with Gasteiger partial charge in [0.1, 0.15) is 0 Å². The van der Waals surface area contributed by atoms with Gasteiger partial charge in [-0.1, -0.05) is 12.8 Å². The number of nitrogens with zero attached hydrogens (tertiary/aromatic N) is 1. The molecule has 16 heavy (non-hydrogen) atoms. The number of pyridine rings is 1. The van der Waals surface area contributed by atoms with Gasteiger partial charge in [-0.15, -0.1) is 0 Å². The summed E-state index contributed by atoms with van der Waals surface area (Å²) in [5.41, 5.74) is 5.89. The van der Waals surface area contributed by atoms with Gasteiger partial charge < -0.3 is 5.73 Å². The predicted molar refractivity (Wildman–Crippen MR) is 62.7 cm³/mol. The van der Waals surface area contributed by atoms with Gasteiger partial charge in [-0.25, -0.2) is 13.4 Å². The molecule has 1 saturated carbocycles. The van der Waals surface area contributed by atoms with Crippen molar-refractivity contribution in [2.45, 2.75) is 30.7 Å². The van der Waals surface area contributed by atoms with E-state index in [1.54, 1.807) is 12.1 Å². The number of hydrogen-bond acceptors (Lipinski definition) is 4. The zero-order valence-corrected chi connectivity index (χ0v) is 9.91. The molecule has 2 N–H and O–H groups in total. The summed E-state index contributed by atoms with van der Waals surface area (Å²) < 4.78 is 24.1. The van der Waals surface area contributed by atoms with Crippen LogP contribution in [-0.2, 0) is 9.84 Å². The first-order valence-electron chi connectivity index (χ1n) is 5.53. The first-order valence-corrected chi connectivity index (χ1v) is 7.18. The minimum absolute atomic E-state index is 0.0434. The molecule has 2 rings (SSSR count). The number of rotatable bonds is 3. The Morgan fingerprint density at radius 3 is 2.69 bits per heavy atom. The van der Waals surface area contributed by atoms with Gasteiger partial charge in [0, 0.05) is 6.20 Å². The molecule has 88 valence electrons. The molecule has 4 nitrogen and oxygen atoms in total. The van der Waals surface area contributed by atoms with E-state index >= 15 is 0 Å². The van der Waals surface area contributed by atoms with E-state index in [0.717, 1.165) is 25.7 Å². The van der Waals surface area contributed by atoms with Crippen molar-refractivity contribution in [1.82, 2.24) is 4.98 Å². The summed E-state index contributed by atoms with van der Waals surface area (Å²) in [5, 5.41) is 0.0434. The van der Waals surface area contributed by atoms with Gasteiger partial charge in [-0.2, -0.15) is 0 Å². The molecule has 1 fully saturated rings. The molecule has 0 aromatic carbocycles. The maximum Gasteiger partial charge on any atom is 0.197 e. The summed E-state index contributed by atoms with van der Waals surface area (Å²) in [5.74, 6) is 0.472. The molecule has 1 aromatic heterocycles. The Kier molecular flexibility index (Phi) is 3.14. The summed E-state index contributed by atoms with van der Waals surface area (Å²) >= 11 is 0. The molecule has 0 aliphatic heterocycles. The standard InChI is InChI=1S/C11H16N2O2S/c12-10-6-3-7-13-11(10)16(14,15)8-9-4-1-2-5-9/h3,6-7,9H,1-2,4-5,8,12H2. The first-order chi connectivity index (χ1) is 7.59. The molecule has 0 saturated heterocycles. The molecule has 0 bridgehead atoms. The zero-order chi connectivity index (χ0) is 11.6. The van der Waals surface area contributed by atoms with Crippen LogP contribution in [0.4, 0.5) is 5.69 Å². The van der Waals surface area contributed by atoms with Crippen LogP contribution in [0.5, 0.6) is 0 Å². The average Bonchev–Trinajstić information content (AvgIpc) is 2.70. The second kappa shape index (κ2) is 4.41. The number of nitrogen functional groups attached to an aromatic ring is 1. The Hall–Kier alpha value is -1.10. The fourth-order valence-corrected chi connectivity index (χ4v) is 3.99. The van der Waals surface area contributed by atoms with Gasteiger partial charge in [0.05, 0.1) is 11.4 Å². The van der Waals surface area contributed by atoms with Crippen LogP contribution in [0.25, 0.3) is 0 Å². The monoisotopic (exact) mass is 240 g/mol. The third-order valence-electron chi connectivity index (χ3n) is 3.03. The Morgan fingerprint density at radius 2 is 2.06 bits per heavy atom. The summed E-state index contributed by atoms with van der Waals surface area (Å²) in [7, 11) is -3.31. The zero-order valence-electron chi connectivity index (χ0n) is 9.09. The molecule has 1 heterocycles. The smallest absolute Gasteiger partial charge is 0.197 e. The SMILES string of the molecule is Nc1cccnc1S(=O)(=O)CC1CCCC1. The second-order valence-electron chi connectivity index (χ2n) is 4.33. The summed E-state index contributed by atoms with van der Waals surface area (Å²) in [6.07, 6.45) is 5.76. The highest BCUT2D eigenvalue weighted by Gasteiger charge is 2.26. The molecule has 0 unspecified atom stereocenters. The highest BCUT2D eigenvalue weighted by Crippen LogP contribution is 2.28. The van der Waals surface area contributed by atoms with Crippen molar-refractivity contribution >= 4 is 15.5 Å². The van der Waals surface area contributed by atoms with Crippen LogP contribution < -0.4 is 5.73 Å². The molecule has 1 aromatic rings. The van der Waals surface area contributed by atoms with Crippen molar-refractivity contribution in [3.05, 3.63) is 18.3 Å². The highest BCUT2D eigenvalue weighted by molar-refractivity contribution is 7.91. The van der Waals surface area contributed by atoms with Gasteiger partial charge in [-0.05, 0) is 30.9 Å². The summed E-state index contributed by atoms with van der Waals surface area (Å²) in [6.45, 7) is 0. The van der Waals surface area contributed by atoms with Crippen LogP contribution >= 0.6 is 0 Å². The fraction of sp³-hybridized carbons (Fsp3) is 0.545. The Morgan fingerprint density at radius 1 is 1.38 bits per heavy atom. The molecule has 5 heteroatoms. The molecule has 0 radical (unpaired) electrons. The molecular weight excluding hydrogens is 224 g/mol. The number of anilines is 1. The van der Waals surface area contributed by atoms with Crippen molar-refractivity contribution in [2.75, 3.05) is 11.5 Å². The quantitative estimate of drug-likeness (QED) is 0.871. The molecule has 0 spiro atoms. The maximum atomic E-state index is 12.1. The molecular formula is C11H16N2O2S. The fourth-order valence-electron chi connectivity index (χ4n) is 2.23. The van der Waals surface area contributed by atoms with E-state index in [1.807, 2.05) is 0 Å². The van der Waals surface area contributed by atoms with Crippen LogP contribution in [0, 0.1) is 5.92 Å². The lowest BCUT2D eigenvalue weighted by molar-refractivity contribution is 0.556. The Bertz CT molecular complexity index is 465. The topological polar surface area (TPSA) is 73.0 Å². The third-order valence-corrected chi connectivity index (χ3v) is 4.87. The normalized spacial score (nSPS) is 17.8. The van der Waals surface area contributed by atoms with Gasteiger partial charge in [0.25, 0.3) is 0 Å². The molecule has 1 aliphatic rings. The summed E-state index contributed by atoms with van der Waals surface area (Å²) in [4.78, 5) is 3.88. The van der Waals surface area contributed by atoms with Crippen LogP contribution in [0.3, 0.4) is 0 Å². The van der Waals surface area contributed by atoms with Crippen LogP contribution in [0.15, 0.2) is 23.4 Å². The van der Waals surface area contributed by atoms with E-state index in [9.17, 15) is 8.42 Å². The van der Waals surface area contributed by atoms with Crippen molar-refractivity contribution < 1.29 is 8.42 Å². The first kappa shape index (κ1) is 11.4.